The van der Waals surface area contributed by atoms with Crippen molar-refractivity contribution in [2.24, 2.45) is 11.0 Å². The van der Waals surface area contributed by atoms with E-state index in [1.807, 2.05) is 13.8 Å². The van der Waals surface area contributed by atoms with Crippen molar-refractivity contribution < 1.29 is 33.3 Å². The van der Waals surface area contributed by atoms with Crippen LogP contribution in [0.4, 0.5) is 0 Å². The number of hydrogen-bond donors (Lipinski definition) is 2. The summed E-state index contributed by atoms with van der Waals surface area (Å²) in [5.41, 5.74) is 3.45. The fourth-order valence-electron chi connectivity index (χ4n) is 3.21. The molecule has 1 atom stereocenters. The van der Waals surface area contributed by atoms with Crippen LogP contribution in [-0.4, -0.2) is 52.2 Å². The summed E-state index contributed by atoms with van der Waals surface area (Å²) in [7, 11) is 4.53. The average Bonchev–Trinajstić information content (AvgIpc) is 3.29. The Labute approximate surface area is 191 Å². The SMILES string of the molecule is COc1cc(C=NNC(=O)C(NC(=O)c2ccc3c(c2)OCO3)C(C)C)cc(OC)c1OC. The van der Waals surface area contributed by atoms with Crippen molar-refractivity contribution in [2.45, 2.75) is 19.9 Å². The molecule has 33 heavy (non-hydrogen) atoms. The van der Waals surface area contributed by atoms with Crippen LogP contribution in [0, 0.1) is 5.92 Å². The highest BCUT2D eigenvalue weighted by Gasteiger charge is 2.25. The molecule has 1 aliphatic heterocycles. The highest BCUT2D eigenvalue weighted by Crippen LogP contribution is 2.37. The number of nitrogens with one attached hydrogen (secondary N) is 2. The fraction of sp³-hybridized carbons (Fsp3) is 0.348. The molecule has 0 aliphatic carbocycles. The maximum atomic E-state index is 12.7. The van der Waals surface area contributed by atoms with Crippen LogP contribution >= 0.6 is 0 Å². The number of ether oxygens (including phenoxy) is 5. The number of fused-ring (bicyclic) bond motifs is 1. The monoisotopic (exact) mass is 457 g/mol. The lowest BCUT2D eigenvalue weighted by Crippen LogP contribution is -2.48. The van der Waals surface area contributed by atoms with Gasteiger partial charge >= 0.3 is 0 Å². The highest BCUT2D eigenvalue weighted by atomic mass is 16.7. The van der Waals surface area contributed by atoms with Crippen molar-refractivity contribution in [2.75, 3.05) is 28.1 Å². The van der Waals surface area contributed by atoms with Gasteiger partial charge in [0.15, 0.2) is 23.0 Å². The number of amides is 2. The molecule has 176 valence electrons. The summed E-state index contributed by atoms with van der Waals surface area (Å²) in [4.78, 5) is 25.4. The highest BCUT2D eigenvalue weighted by molar-refractivity contribution is 5.98. The lowest BCUT2D eigenvalue weighted by Gasteiger charge is -2.20. The lowest BCUT2D eigenvalue weighted by atomic mass is 10.0. The molecule has 0 bridgehead atoms. The van der Waals surface area contributed by atoms with Gasteiger partial charge in [-0.2, -0.15) is 5.10 Å². The van der Waals surface area contributed by atoms with Crippen LogP contribution in [0.25, 0.3) is 0 Å². The van der Waals surface area contributed by atoms with Gasteiger partial charge in [0.2, 0.25) is 12.5 Å². The standard InChI is InChI=1S/C23H27N3O7/c1-13(2)20(25-22(27)15-6-7-16-17(10-15)33-12-32-16)23(28)26-24-11-14-8-18(29-3)21(31-5)19(9-14)30-4/h6-11,13,20H,12H2,1-5H3,(H,25,27)(H,26,28). The number of carbonyl (C=O) groups excluding carboxylic acids is 2. The van der Waals surface area contributed by atoms with Crippen molar-refractivity contribution in [3.05, 3.63) is 41.5 Å². The predicted molar refractivity (Wildman–Crippen MR) is 120 cm³/mol. The van der Waals surface area contributed by atoms with E-state index in [1.54, 1.807) is 30.3 Å². The maximum Gasteiger partial charge on any atom is 0.262 e. The summed E-state index contributed by atoms with van der Waals surface area (Å²) in [5, 5.41) is 6.76. The van der Waals surface area contributed by atoms with E-state index in [4.69, 9.17) is 23.7 Å². The topological polar surface area (TPSA) is 117 Å². The van der Waals surface area contributed by atoms with Crippen LogP contribution in [0.5, 0.6) is 28.7 Å². The number of methoxy groups -OCH3 is 3. The molecule has 0 radical (unpaired) electrons. The number of hydrogen-bond acceptors (Lipinski definition) is 8. The summed E-state index contributed by atoms with van der Waals surface area (Å²) in [5.74, 6) is 1.39. The molecule has 2 aromatic carbocycles. The Morgan fingerprint density at radius 3 is 2.27 bits per heavy atom. The van der Waals surface area contributed by atoms with E-state index in [0.717, 1.165) is 0 Å². The number of rotatable bonds is 9. The molecule has 0 spiro atoms. The molecule has 10 nitrogen and oxygen atoms in total. The van der Waals surface area contributed by atoms with E-state index in [9.17, 15) is 9.59 Å². The third-order valence-electron chi connectivity index (χ3n) is 4.95. The summed E-state index contributed by atoms with van der Waals surface area (Å²) < 4.78 is 26.5. The smallest absolute Gasteiger partial charge is 0.262 e. The quantitative estimate of drug-likeness (QED) is 0.439. The van der Waals surface area contributed by atoms with Gasteiger partial charge in [-0.1, -0.05) is 13.8 Å². The van der Waals surface area contributed by atoms with Gasteiger partial charge in [-0.25, -0.2) is 5.43 Å². The van der Waals surface area contributed by atoms with Gasteiger partial charge in [0, 0.05) is 11.1 Å². The van der Waals surface area contributed by atoms with Crippen LogP contribution in [-0.2, 0) is 4.79 Å². The molecule has 0 fully saturated rings. The third-order valence-corrected chi connectivity index (χ3v) is 4.95. The zero-order valence-corrected chi connectivity index (χ0v) is 19.1. The normalized spacial score (nSPS) is 13.0. The van der Waals surface area contributed by atoms with E-state index in [2.05, 4.69) is 15.8 Å². The minimum absolute atomic E-state index is 0.112. The van der Waals surface area contributed by atoms with Crippen molar-refractivity contribution in [3.8, 4) is 28.7 Å². The summed E-state index contributed by atoms with van der Waals surface area (Å²) >= 11 is 0. The molecule has 3 rings (SSSR count). The summed E-state index contributed by atoms with van der Waals surface area (Å²) in [6, 6.07) is 7.43. The van der Waals surface area contributed by atoms with Crippen LogP contribution in [0.15, 0.2) is 35.4 Å². The first-order valence-corrected chi connectivity index (χ1v) is 10.2. The Morgan fingerprint density at radius 1 is 1.00 bits per heavy atom. The van der Waals surface area contributed by atoms with Crippen LogP contribution in [0.3, 0.4) is 0 Å². The van der Waals surface area contributed by atoms with Crippen LogP contribution in [0.2, 0.25) is 0 Å². The van der Waals surface area contributed by atoms with Crippen molar-refractivity contribution in [1.29, 1.82) is 0 Å². The van der Waals surface area contributed by atoms with E-state index in [-0.39, 0.29) is 12.7 Å². The second kappa shape index (κ2) is 10.6. The number of nitrogens with zero attached hydrogens (tertiary/aromatic N) is 1. The molecule has 2 N–H and O–H groups in total. The molecule has 1 heterocycles. The first-order valence-electron chi connectivity index (χ1n) is 10.2. The van der Waals surface area contributed by atoms with Crippen molar-refractivity contribution >= 4 is 18.0 Å². The van der Waals surface area contributed by atoms with Gasteiger partial charge in [0.25, 0.3) is 11.8 Å². The largest absolute Gasteiger partial charge is 0.493 e. The van der Waals surface area contributed by atoms with E-state index in [0.29, 0.717) is 39.9 Å². The zero-order valence-electron chi connectivity index (χ0n) is 19.1. The van der Waals surface area contributed by atoms with E-state index >= 15 is 0 Å². The molecular formula is C23H27N3O7. The first kappa shape index (κ1) is 23.7. The van der Waals surface area contributed by atoms with Gasteiger partial charge in [-0.15, -0.1) is 0 Å². The Balaban J connectivity index is 1.68. The lowest BCUT2D eigenvalue weighted by molar-refractivity contribution is -0.123. The Kier molecular flexibility index (Phi) is 7.60. The Morgan fingerprint density at radius 2 is 1.67 bits per heavy atom. The first-order chi connectivity index (χ1) is 15.9. The van der Waals surface area contributed by atoms with Gasteiger partial charge < -0.3 is 29.0 Å². The number of hydrazone groups is 1. The van der Waals surface area contributed by atoms with Gasteiger partial charge in [-0.05, 0) is 36.2 Å². The minimum atomic E-state index is -0.806. The molecule has 0 aromatic heterocycles. The third kappa shape index (κ3) is 5.46. The van der Waals surface area contributed by atoms with Crippen molar-refractivity contribution in [3.63, 3.8) is 0 Å². The van der Waals surface area contributed by atoms with Crippen LogP contribution < -0.4 is 34.4 Å². The fourth-order valence-corrected chi connectivity index (χ4v) is 3.21. The molecule has 2 amide bonds. The number of carbonyl (C=O) groups is 2. The second-order valence-corrected chi connectivity index (χ2v) is 7.46. The van der Waals surface area contributed by atoms with Gasteiger partial charge in [-0.3, -0.25) is 9.59 Å². The van der Waals surface area contributed by atoms with E-state index in [1.165, 1.54) is 27.5 Å². The minimum Gasteiger partial charge on any atom is -0.493 e. The maximum absolute atomic E-state index is 12.7. The van der Waals surface area contributed by atoms with Crippen molar-refractivity contribution in [1.82, 2.24) is 10.7 Å². The molecule has 1 unspecified atom stereocenters. The molecule has 0 saturated carbocycles. The number of benzene rings is 2. The molecule has 1 aliphatic rings. The zero-order chi connectivity index (χ0) is 24.0. The molecule has 2 aromatic rings. The Bertz CT molecular complexity index is 1030. The van der Waals surface area contributed by atoms with Crippen LogP contribution in [0.1, 0.15) is 29.8 Å². The molecule has 0 saturated heterocycles. The Hall–Kier alpha value is -3.95. The summed E-state index contributed by atoms with van der Waals surface area (Å²) in [6.07, 6.45) is 1.44. The summed E-state index contributed by atoms with van der Waals surface area (Å²) in [6.45, 7) is 3.77. The molecule has 10 heteroatoms. The van der Waals surface area contributed by atoms with E-state index < -0.39 is 17.9 Å². The average molecular weight is 457 g/mol. The molecular weight excluding hydrogens is 430 g/mol. The predicted octanol–water partition coefficient (Wildman–Crippen LogP) is 2.35. The second-order valence-electron chi connectivity index (χ2n) is 7.46. The van der Waals surface area contributed by atoms with Gasteiger partial charge in [0.05, 0.1) is 27.5 Å². The van der Waals surface area contributed by atoms with Gasteiger partial charge in [0.1, 0.15) is 6.04 Å².